The quantitative estimate of drug-likeness (QED) is 0.843. The Bertz CT molecular complexity index is 439. The van der Waals surface area contributed by atoms with Crippen molar-refractivity contribution in [2.75, 3.05) is 0 Å². The molecule has 0 spiro atoms. The Morgan fingerprint density at radius 1 is 1.00 bits per heavy atom. The van der Waals surface area contributed by atoms with E-state index < -0.39 is 0 Å². The van der Waals surface area contributed by atoms with E-state index >= 15 is 0 Å². The number of nitrogens with two attached hydrogens (primary N) is 1. The van der Waals surface area contributed by atoms with Crippen LogP contribution in [0.4, 0.5) is 0 Å². The summed E-state index contributed by atoms with van der Waals surface area (Å²) in [5.74, 6) is 0. The number of aromatic nitrogens is 1. The van der Waals surface area contributed by atoms with Crippen molar-refractivity contribution in [1.29, 1.82) is 0 Å². The fourth-order valence-corrected chi connectivity index (χ4v) is 2.14. The fourth-order valence-electron chi connectivity index (χ4n) is 2.14. The number of nitrogens with zero attached hydrogens (tertiary/aromatic N) is 1. The van der Waals surface area contributed by atoms with Gasteiger partial charge in [-0.05, 0) is 42.9 Å². The number of benzene rings is 1. The van der Waals surface area contributed by atoms with Crippen molar-refractivity contribution < 1.29 is 0 Å². The SMILES string of the molecule is NC(CCCc1ccccc1)Cc1cccnc1. The van der Waals surface area contributed by atoms with Gasteiger partial charge in [-0.3, -0.25) is 4.98 Å². The van der Waals surface area contributed by atoms with Crippen molar-refractivity contribution in [3.63, 3.8) is 0 Å². The number of hydrogen-bond acceptors (Lipinski definition) is 2. The van der Waals surface area contributed by atoms with Crippen LogP contribution < -0.4 is 5.73 Å². The molecule has 0 bridgehead atoms. The molecule has 2 N–H and O–H groups in total. The lowest BCUT2D eigenvalue weighted by Crippen LogP contribution is -2.22. The van der Waals surface area contributed by atoms with Gasteiger partial charge in [-0.15, -0.1) is 0 Å². The van der Waals surface area contributed by atoms with Gasteiger partial charge in [-0.1, -0.05) is 36.4 Å². The Morgan fingerprint density at radius 2 is 1.78 bits per heavy atom. The average Bonchev–Trinajstić information content (AvgIpc) is 2.41. The third-order valence-electron chi connectivity index (χ3n) is 3.10. The molecule has 0 aliphatic carbocycles. The molecule has 0 aliphatic heterocycles. The average molecular weight is 240 g/mol. The van der Waals surface area contributed by atoms with Gasteiger partial charge in [0.05, 0.1) is 0 Å². The van der Waals surface area contributed by atoms with Crippen molar-refractivity contribution >= 4 is 0 Å². The van der Waals surface area contributed by atoms with Crippen LogP contribution in [0.1, 0.15) is 24.0 Å². The smallest absolute Gasteiger partial charge is 0.0300 e. The summed E-state index contributed by atoms with van der Waals surface area (Å²) >= 11 is 0. The minimum absolute atomic E-state index is 0.234. The molecule has 1 unspecified atom stereocenters. The minimum atomic E-state index is 0.234. The Kier molecular flexibility index (Phi) is 4.91. The van der Waals surface area contributed by atoms with Gasteiger partial charge >= 0.3 is 0 Å². The molecule has 0 amide bonds. The van der Waals surface area contributed by atoms with Gasteiger partial charge in [-0.2, -0.15) is 0 Å². The predicted octanol–water partition coefficient (Wildman–Crippen LogP) is 2.97. The maximum Gasteiger partial charge on any atom is 0.0300 e. The van der Waals surface area contributed by atoms with Crippen LogP contribution >= 0.6 is 0 Å². The normalized spacial score (nSPS) is 12.3. The minimum Gasteiger partial charge on any atom is -0.327 e. The monoisotopic (exact) mass is 240 g/mol. The largest absolute Gasteiger partial charge is 0.327 e. The van der Waals surface area contributed by atoms with Crippen LogP contribution in [-0.2, 0) is 12.8 Å². The Hall–Kier alpha value is -1.67. The van der Waals surface area contributed by atoms with Crippen LogP contribution in [0.3, 0.4) is 0 Å². The molecule has 94 valence electrons. The highest BCUT2D eigenvalue weighted by Crippen LogP contribution is 2.08. The highest BCUT2D eigenvalue weighted by Gasteiger charge is 2.04. The van der Waals surface area contributed by atoms with Crippen LogP contribution in [0, 0.1) is 0 Å². The molecule has 1 aromatic carbocycles. The van der Waals surface area contributed by atoms with E-state index in [9.17, 15) is 0 Å². The zero-order valence-corrected chi connectivity index (χ0v) is 10.6. The van der Waals surface area contributed by atoms with Crippen molar-refractivity contribution in [1.82, 2.24) is 4.98 Å². The predicted molar refractivity (Wildman–Crippen MR) is 75.3 cm³/mol. The number of hydrogen-bond donors (Lipinski definition) is 1. The van der Waals surface area contributed by atoms with E-state index in [0.29, 0.717) is 0 Å². The van der Waals surface area contributed by atoms with Crippen LogP contribution in [0.2, 0.25) is 0 Å². The number of aryl methyl sites for hydroxylation is 1. The first-order valence-corrected chi connectivity index (χ1v) is 6.53. The zero-order chi connectivity index (χ0) is 12.6. The molecule has 1 aromatic heterocycles. The highest BCUT2D eigenvalue weighted by molar-refractivity contribution is 5.14. The van der Waals surface area contributed by atoms with E-state index in [4.69, 9.17) is 5.73 Å². The topological polar surface area (TPSA) is 38.9 Å². The summed E-state index contributed by atoms with van der Waals surface area (Å²) in [5.41, 5.74) is 8.76. The van der Waals surface area contributed by atoms with E-state index in [1.165, 1.54) is 11.1 Å². The lowest BCUT2D eigenvalue weighted by molar-refractivity contribution is 0.579. The third-order valence-corrected chi connectivity index (χ3v) is 3.10. The van der Waals surface area contributed by atoms with E-state index in [1.54, 1.807) is 6.20 Å². The Labute approximate surface area is 109 Å². The molecule has 0 aliphatic rings. The lowest BCUT2D eigenvalue weighted by Gasteiger charge is -2.11. The van der Waals surface area contributed by atoms with Crippen molar-refractivity contribution in [3.05, 3.63) is 66.0 Å². The molecule has 0 saturated heterocycles. The van der Waals surface area contributed by atoms with Gasteiger partial charge in [-0.25, -0.2) is 0 Å². The lowest BCUT2D eigenvalue weighted by atomic mass is 10.0. The van der Waals surface area contributed by atoms with Gasteiger partial charge in [0, 0.05) is 18.4 Å². The second-order valence-electron chi connectivity index (χ2n) is 4.70. The summed E-state index contributed by atoms with van der Waals surface area (Å²) < 4.78 is 0. The van der Waals surface area contributed by atoms with E-state index in [0.717, 1.165) is 25.7 Å². The molecule has 0 fully saturated rings. The maximum absolute atomic E-state index is 6.14. The molecule has 2 heteroatoms. The molecule has 0 radical (unpaired) electrons. The molecule has 1 atom stereocenters. The van der Waals surface area contributed by atoms with Gasteiger partial charge in [0.1, 0.15) is 0 Å². The highest BCUT2D eigenvalue weighted by atomic mass is 14.6. The first kappa shape index (κ1) is 12.8. The van der Waals surface area contributed by atoms with Crippen molar-refractivity contribution in [3.8, 4) is 0 Å². The first-order chi connectivity index (χ1) is 8.84. The van der Waals surface area contributed by atoms with Crippen LogP contribution in [-0.4, -0.2) is 11.0 Å². The molecule has 0 saturated carbocycles. The van der Waals surface area contributed by atoms with Gasteiger partial charge in [0.2, 0.25) is 0 Å². The third kappa shape index (κ3) is 4.30. The molecule has 2 aromatic rings. The van der Waals surface area contributed by atoms with Crippen LogP contribution in [0.25, 0.3) is 0 Å². The Morgan fingerprint density at radius 3 is 2.50 bits per heavy atom. The Balaban J connectivity index is 1.71. The summed E-state index contributed by atoms with van der Waals surface area (Å²) in [7, 11) is 0. The van der Waals surface area contributed by atoms with Gasteiger partial charge in [0.15, 0.2) is 0 Å². The summed E-state index contributed by atoms with van der Waals surface area (Å²) in [6.07, 6.45) is 7.93. The fraction of sp³-hybridized carbons (Fsp3) is 0.312. The number of pyridine rings is 1. The molecular formula is C16H20N2. The zero-order valence-electron chi connectivity index (χ0n) is 10.6. The van der Waals surface area contributed by atoms with Crippen LogP contribution in [0.15, 0.2) is 54.9 Å². The van der Waals surface area contributed by atoms with Gasteiger partial charge in [0.25, 0.3) is 0 Å². The summed E-state index contributed by atoms with van der Waals surface area (Å²) in [5, 5.41) is 0. The van der Waals surface area contributed by atoms with Crippen molar-refractivity contribution in [2.45, 2.75) is 31.7 Å². The maximum atomic E-state index is 6.14. The second kappa shape index (κ2) is 6.92. The molecule has 1 heterocycles. The molecule has 2 rings (SSSR count). The van der Waals surface area contributed by atoms with E-state index in [2.05, 4.69) is 41.4 Å². The van der Waals surface area contributed by atoms with Crippen molar-refractivity contribution in [2.24, 2.45) is 5.73 Å². The molecule has 2 nitrogen and oxygen atoms in total. The summed E-state index contributed by atoms with van der Waals surface area (Å²) in [6.45, 7) is 0. The number of rotatable bonds is 6. The standard InChI is InChI=1S/C16H20N2/c17-16(12-15-9-5-11-18-13-15)10-4-8-14-6-2-1-3-7-14/h1-3,5-7,9,11,13,16H,4,8,10,12,17H2. The summed E-state index contributed by atoms with van der Waals surface area (Å²) in [6, 6.07) is 14.9. The molecular weight excluding hydrogens is 220 g/mol. The van der Waals surface area contributed by atoms with E-state index in [-0.39, 0.29) is 6.04 Å². The van der Waals surface area contributed by atoms with E-state index in [1.807, 2.05) is 12.3 Å². The first-order valence-electron chi connectivity index (χ1n) is 6.53. The summed E-state index contributed by atoms with van der Waals surface area (Å²) in [4.78, 5) is 4.11. The van der Waals surface area contributed by atoms with Crippen LogP contribution in [0.5, 0.6) is 0 Å². The van der Waals surface area contributed by atoms with Gasteiger partial charge < -0.3 is 5.73 Å². The molecule has 18 heavy (non-hydrogen) atoms. The second-order valence-corrected chi connectivity index (χ2v) is 4.70.